The standard InChI is InChI=1S/C13H20N2O2S/c1-2-7-14-12(16)11-8-18-9-15(11)13(17)10-5-3-4-6-10/h2,10-11H,1,3-9H2,(H,14,16)/t11-/m1/s1. The first-order chi connectivity index (χ1) is 8.74. The molecule has 2 fully saturated rings. The second kappa shape index (κ2) is 6.27. The molecular weight excluding hydrogens is 248 g/mol. The van der Waals surface area contributed by atoms with Crippen molar-refractivity contribution in [1.82, 2.24) is 10.2 Å². The Bertz CT molecular complexity index is 340. The van der Waals surface area contributed by atoms with E-state index in [9.17, 15) is 9.59 Å². The summed E-state index contributed by atoms with van der Waals surface area (Å²) in [7, 11) is 0. The van der Waals surface area contributed by atoms with Crippen LogP contribution in [-0.4, -0.2) is 40.9 Å². The number of amides is 2. The Balaban J connectivity index is 1.95. The lowest BCUT2D eigenvalue weighted by Gasteiger charge is -2.25. The highest BCUT2D eigenvalue weighted by molar-refractivity contribution is 7.99. The van der Waals surface area contributed by atoms with Crippen molar-refractivity contribution in [1.29, 1.82) is 0 Å². The molecule has 4 nitrogen and oxygen atoms in total. The summed E-state index contributed by atoms with van der Waals surface area (Å²) in [6.45, 7) is 4.04. The van der Waals surface area contributed by atoms with E-state index in [1.54, 1.807) is 22.7 Å². The minimum atomic E-state index is -0.289. The first kappa shape index (κ1) is 13.5. The van der Waals surface area contributed by atoms with E-state index in [0.717, 1.165) is 25.7 Å². The summed E-state index contributed by atoms with van der Waals surface area (Å²) in [4.78, 5) is 26.1. The molecule has 0 spiro atoms. The quantitative estimate of drug-likeness (QED) is 0.784. The first-order valence-corrected chi connectivity index (χ1v) is 7.66. The lowest BCUT2D eigenvalue weighted by atomic mass is 10.1. The van der Waals surface area contributed by atoms with Gasteiger partial charge in [0.05, 0.1) is 5.88 Å². The largest absolute Gasteiger partial charge is 0.351 e. The third-order valence-corrected chi connectivity index (χ3v) is 4.61. The molecule has 1 N–H and O–H groups in total. The molecule has 2 aliphatic rings. The lowest BCUT2D eigenvalue weighted by Crippen LogP contribution is -2.48. The molecule has 0 bridgehead atoms. The third kappa shape index (κ3) is 2.88. The molecule has 0 aromatic carbocycles. The first-order valence-electron chi connectivity index (χ1n) is 6.51. The van der Waals surface area contributed by atoms with Crippen LogP contribution in [0.3, 0.4) is 0 Å². The molecule has 2 amide bonds. The Kier molecular flexibility index (Phi) is 4.69. The number of rotatable bonds is 4. The van der Waals surface area contributed by atoms with Crippen molar-refractivity contribution in [3.05, 3.63) is 12.7 Å². The van der Waals surface area contributed by atoms with Gasteiger partial charge in [0.1, 0.15) is 6.04 Å². The van der Waals surface area contributed by atoms with Crippen LogP contribution in [0.15, 0.2) is 12.7 Å². The minimum absolute atomic E-state index is 0.0498. The van der Waals surface area contributed by atoms with E-state index in [1.807, 2.05) is 0 Å². The van der Waals surface area contributed by atoms with Gasteiger partial charge < -0.3 is 10.2 Å². The lowest BCUT2D eigenvalue weighted by molar-refractivity contribution is -0.140. The molecule has 1 heterocycles. The van der Waals surface area contributed by atoms with Crippen LogP contribution in [0.4, 0.5) is 0 Å². The average Bonchev–Trinajstić information content (AvgIpc) is 3.04. The number of nitrogens with zero attached hydrogens (tertiary/aromatic N) is 1. The Hall–Kier alpha value is -0.970. The molecule has 5 heteroatoms. The van der Waals surface area contributed by atoms with Crippen molar-refractivity contribution in [3.63, 3.8) is 0 Å². The fraction of sp³-hybridized carbons (Fsp3) is 0.692. The summed E-state index contributed by atoms with van der Waals surface area (Å²) in [6.07, 6.45) is 5.92. The second-order valence-corrected chi connectivity index (χ2v) is 5.84. The van der Waals surface area contributed by atoms with Gasteiger partial charge in [0.25, 0.3) is 0 Å². The van der Waals surface area contributed by atoms with Crippen LogP contribution in [-0.2, 0) is 9.59 Å². The highest BCUT2D eigenvalue weighted by Crippen LogP contribution is 2.30. The molecule has 2 rings (SSSR count). The smallest absolute Gasteiger partial charge is 0.243 e. The number of carbonyl (C=O) groups is 2. The summed E-state index contributed by atoms with van der Waals surface area (Å²) in [6, 6.07) is -0.289. The fourth-order valence-corrected chi connectivity index (χ4v) is 3.74. The maximum atomic E-state index is 12.3. The van der Waals surface area contributed by atoms with E-state index < -0.39 is 0 Å². The van der Waals surface area contributed by atoms with Gasteiger partial charge >= 0.3 is 0 Å². The Labute approximate surface area is 112 Å². The van der Waals surface area contributed by atoms with Gasteiger partial charge in [-0.25, -0.2) is 0 Å². The zero-order valence-electron chi connectivity index (χ0n) is 10.6. The van der Waals surface area contributed by atoms with E-state index in [-0.39, 0.29) is 23.8 Å². The van der Waals surface area contributed by atoms with E-state index in [4.69, 9.17) is 0 Å². The van der Waals surface area contributed by atoms with E-state index in [1.165, 1.54) is 0 Å². The molecule has 1 saturated carbocycles. The van der Waals surface area contributed by atoms with Gasteiger partial charge in [0.2, 0.25) is 11.8 Å². The number of thioether (sulfide) groups is 1. The van der Waals surface area contributed by atoms with Crippen LogP contribution in [0.1, 0.15) is 25.7 Å². The number of nitrogens with one attached hydrogen (secondary N) is 1. The number of hydrogen-bond donors (Lipinski definition) is 1. The van der Waals surface area contributed by atoms with Crippen LogP contribution in [0.5, 0.6) is 0 Å². The van der Waals surface area contributed by atoms with Crippen LogP contribution < -0.4 is 5.32 Å². The van der Waals surface area contributed by atoms with E-state index in [2.05, 4.69) is 11.9 Å². The molecule has 0 aromatic rings. The summed E-state index contributed by atoms with van der Waals surface area (Å²) in [5.74, 6) is 1.64. The topological polar surface area (TPSA) is 49.4 Å². The van der Waals surface area contributed by atoms with Crippen LogP contribution >= 0.6 is 11.8 Å². The maximum Gasteiger partial charge on any atom is 0.243 e. The van der Waals surface area contributed by atoms with Crippen LogP contribution in [0, 0.1) is 5.92 Å². The number of carbonyl (C=O) groups excluding carboxylic acids is 2. The molecule has 1 saturated heterocycles. The SMILES string of the molecule is C=CCNC(=O)[C@H]1CSCN1C(=O)C1CCCC1. The predicted molar refractivity (Wildman–Crippen MR) is 73.1 cm³/mol. The zero-order valence-corrected chi connectivity index (χ0v) is 11.4. The van der Waals surface area contributed by atoms with E-state index >= 15 is 0 Å². The summed E-state index contributed by atoms with van der Waals surface area (Å²) in [5.41, 5.74) is 0. The molecular formula is C13H20N2O2S. The van der Waals surface area contributed by atoms with Crippen LogP contribution in [0.2, 0.25) is 0 Å². The van der Waals surface area contributed by atoms with Crippen molar-refractivity contribution in [3.8, 4) is 0 Å². The summed E-state index contributed by atoms with van der Waals surface area (Å²) in [5, 5.41) is 2.79. The van der Waals surface area contributed by atoms with Gasteiger partial charge in [-0.3, -0.25) is 9.59 Å². The summed E-state index contributed by atoms with van der Waals surface area (Å²) >= 11 is 1.66. The van der Waals surface area contributed by atoms with E-state index in [0.29, 0.717) is 18.2 Å². The zero-order chi connectivity index (χ0) is 13.0. The molecule has 0 radical (unpaired) electrons. The second-order valence-electron chi connectivity index (χ2n) is 4.84. The fourth-order valence-electron chi connectivity index (χ4n) is 2.57. The Morgan fingerprint density at radius 2 is 2.11 bits per heavy atom. The number of hydrogen-bond acceptors (Lipinski definition) is 3. The molecule has 100 valence electrons. The van der Waals surface area contributed by atoms with Crippen molar-refractivity contribution in [2.45, 2.75) is 31.7 Å². The molecule has 0 unspecified atom stereocenters. The third-order valence-electron chi connectivity index (χ3n) is 3.59. The molecule has 1 aliphatic carbocycles. The minimum Gasteiger partial charge on any atom is -0.351 e. The van der Waals surface area contributed by atoms with Gasteiger partial charge in [-0.05, 0) is 12.8 Å². The van der Waals surface area contributed by atoms with Gasteiger partial charge in [-0.1, -0.05) is 18.9 Å². The van der Waals surface area contributed by atoms with Gasteiger partial charge in [0, 0.05) is 18.2 Å². The Morgan fingerprint density at radius 3 is 2.78 bits per heavy atom. The molecule has 18 heavy (non-hydrogen) atoms. The van der Waals surface area contributed by atoms with Crippen molar-refractivity contribution in [2.75, 3.05) is 18.2 Å². The van der Waals surface area contributed by atoms with Gasteiger partial charge in [0.15, 0.2) is 0 Å². The Morgan fingerprint density at radius 1 is 1.39 bits per heavy atom. The van der Waals surface area contributed by atoms with Crippen LogP contribution in [0.25, 0.3) is 0 Å². The highest BCUT2D eigenvalue weighted by atomic mass is 32.2. The van der Waals surface area contributed by atoms with Crippen molar-refractivity contribution >= 4 is 23.6 Å². The normalized spacial score (nSPS) is 24.2. The average molecular weight is 268 g/mol. The van der Waals surface area contributed by atoms with Gasteiger partial charge in [-0.15, -0.1) is 18.3 Å². The molecule has 0 aromatic heterocycles. The predicted octanol–water partition coefficient (Wildman–Crippen LogP) is 1.38. The monoisotopic (exact) mass is 268 g/mol. The van der Waals surface area contributed by atoms with Crippen molar-refractivity contribution < 1.29 is 9.59 Å². The highest BCUT2D eigenvalue weighted by Gasteiger charge is 2.37. The maximum absolute atomic E-state index is 12.3. The molecule has 1 atom stereocenters. The molecule has 1 aliphatic heterocycles. The summed E-state index contributed by atoms with van der Waals surface area (Å²) < 4.78 is 0. The van der Waals surface area contributed by atoms with Crippen molar-refractivity contribution in [2.24, 2.45) is 5.92 Å². The van der Waals surface area contributed by atoms with Gasteiger partial charge in [-0.2, -0.15) is 0 Å².